The molecule has 0 spiro atoms. The monoisotopic (exact) mass is 356 g/mol. The number of hydrogen-bond donors (Lipinski definition) is 0. The summed E-state index contributed by atoms with van der Waals surface area (Å²) >= 11 is 0. The van der Waals surface area contributed by atoms with Crippen LogP contribution in [0.15, 0.2) is 24.3 Å². The van der Waals surface area contributed by atoms with Crippen molar-refractivity contribution < 1.29 is 14.0 Å². The van der Waals surface area contributed by atoms with Gasteiger partial charge in [-0.1, -0.05) is 12.1 Å². The molecule has 1 aromatic rings. The minimum atomic E-state index is -0.910. The number of carbonyl (C=O) groups is 2. The highest BCUT2D eigenvalue weighted by molar-refractivity contribution is 6.04. The molecule has 1 saturated heterocycles. The number of halogens is 1. The van der Waals surface area contributed by atoms with Gasteiger partial charge < -0.3 is 0 Å². The maximum absolute atomic E-state index is 14.2. The molecule has 5 unspecified atom stereocenters. The van der Waals surface area contributed by atoms with E-state index in [1.165, 1.54) is 36.4 Å². The molecule has 138 valence electrons. The van der Waals surface area contributed by atoms with Gasteiger partial charge in [0.15, 0.2) is 0 Å². The van der Waals surface area contributed by atoms with Crippen LogP contribution in [0.5, 0.6) is 0 Å². The lowest BCUT2D eigenvalue weighted by atomic mass is 9.64. The topological polar surface area (TPSA) is 40.6 Å². The van der Waals surface area contributed by atoms with Crippen LogP contribution in [0, 0.1) is 29.5 Å². The van der Waals surface area contributed by atoms with E-state index in [1.54, 1.807) is 31.0 Å². The first-order valence-corrected chi connectivity index (χ1v) is 9.82. The molecule has 2 bridgehead atoms. The predicted octanol–water partition coefficient (Wildman–Crippen LogP) is 3.63. The zero-order valence-electron chi connectivity index (χ0n) is 15.3. The van der Waals surface area contributed by atoms with E-state index in [0.717, 1.165) is 30.6 Å². The number of hydrazine groups is 1. The van der Waals surface area contributed by atoms with Gasteiger partial charge >= 0.3 is 0 Å². The van der Waals surface area contributed by atoms with E-state index in [4.69, 9.17) is 0 Å². The zero-order valence-corrected chi connectivity index (χ0v) is 15.3. The van der Waals surface area contributed by atoms with Crippen LogP contribution in [0.25, 0.3) is 0 Å². The van der Waals surface area contributed by atoms with Crippen LogP contribution in [-0.2, 0) is 4.79 Å². The molecule has 1 heterocycles. The van der Waals surface area contributed by atoms with Crippen molar-refractivity contribution in [2.75, 3.05) is 0 Å². The Morgan fingerprint density at radius 1 is 1.08 bits per heavy atom. The van der Waals surface area contributed by atoms with Crippen molar-refractivity contribution in [2.24, 2.45) is 23.7 Å². The van der Waals surface area contributed by atoms with Crippen LogP contribution in [0.3, 0.4) is 0 Å². The van der Waals surface area contributed by atoms with E-state index in [0.29, 0.717) is 5.92 Å². The van der Waals surface area contributed by atoms with E-state index in [1.807, 2.05) is 0 Å². The van der Waals surface area contributed by atoms with Gasteiger partial charge in [-0.2, -0.15) is 0 Å². The van der Waals surface area contributed by atoms with Gasteiger partial charge in [-0.25, -0.2) is 14.4 Å². The van der Waals surface area contributed by atoms with Gasteiger partial charge in [-0.3, -0.25) is 9.59 Å². The maximum atomic E-state index is 14.2. The third-order valence-corrected chi connectivity index (χ3v) is 7.46. The van der Waals surface area contributed by atoms with E-state index in [9.17, 15) is 14.0 Å². The summed E-state index contributed by atoms with van der Waals surface area (Å²) in [7, 11) is 0. The van der Waals surface area contributed by atoms with Gasteiger partial charge in [0.1, 0.15) is 11.4 Å². The van der Waals surface area contributed by atoms with Crippen LogP contribution >= 0.6 is 0 Å². The average molecular weight is 356 g/mol. The Morgan fingerprint density at radius 2 is 1.81 bits per heavy atom. The number of benzene rings is 1. The number of rotatable bonds is 2. The molecule has 1 aliphatic heterocycles. The first kappa shape index (κ1) is 16.3. The molecule has 4 fully saturated rings. The molecule has 5 atom stereocenters. The van der Waals surface area contributed by atoms with Gasteiger partial charge in [0.2, 0.25) is 0 Å². The summed E-state index contributed by atoms with van der Waals surface area (Å²) < 4.78 is 14.2. The number of amides is 2. The standard InChI is InChI=1S/C21H25FN2O2/c1-21(2)20(26)23(24(21)19(25)15-5-3-4-6-17(15)22)18-8-7-12-9-13-10-14(18)11-16(12)13/h3-6,12-14,16,18H,7-11H2,1-2H3. The summed E-state index contributed by atoms with van der Waals surface area (Å²) in [6.07, 6.45) is 5.82. The largest absolute Gasteiger partial charge is 0.276 e. The molecule has 1 aromatic carbocycles. The van der Waals surface area contributed by atoms with E-state index < -0.39 is 17.3 Å². The highest BCUT2D eigenvalue weighted by atomic mass is 19.1. The quantitative estimate of drug-likeness (QED) is 0.812. The van der Waals surface area contributed by atoms with E-state index in [2.05, 4.69) is 0 Å². The summed E-state index contributed by atoms with van der Waals surface area (Å²) in [5.74, 6) is 2.01. The molecule has 3 aliphatic carbocycles. The smallest absolute Gasteiger partial charge is 0.270 e. The van der Waals surface area contributed by atoms with Crippen LogP contribution in [0.2, 0.25) is 0 Å². The molecule has 5 rings (SSSR count). The Kier molecular flexibility index (Phi) is 3.32. The summed E-state index contributed by atoms with van der Waals surface area (Å²) in [5, 5.41) is 3.22. The molecular formula is C21H25FN2O2. The first-order chi connectivity index (χ1) is 12.4. The minimum Gasteiger partial charge on any atom is -0.270 e. The van der Waals surface area contributed by atoms with Crippen molar-refractivity contribution in [1.82, 2.24) is 10.0 Å². The van der Waals surface area contributed by atoms with Gasteiger partial charge in [0.25, 0.3) is 11.8 Å². The molecule has 0 N–H and O–H groups in total. The Hall–Kier alpha value is -1.91. The molecule has 0 radical (unpaired) electrons. The van der Waals surface area contributed by atoms with Crippen molar-refractivity contribution in [2.45, 2.75) is 57.5 Å². The predicted molar refractivity (Wildman–Crippen MR) is 94.3 cm³/mol. The summed E-state index contributed by atoms with van der Waals surface area (Å²) in [4.78, 5) is 26.1. The lowest BCUT2D eigenvalue weighted by Crippen LogP contribution is -2.79. The minimum absolute atomic E-state index is 0.00814. The van der Waals surface area contributed by atoms with Gasteiger partial charge in [0, 0.05) is 0 Å². The van der Waals surface area contributed by atoms with Crippen LogP contribution < -0.4 is 0 Å². The Labute approximate surface area is 153 Å². The van der Waals surface area contributed by atoms with Crippen LogP contribution in [0.4, 0.5) is 4.39 Å². The lowest BCUT2D eigenvalue weighted by molar-refractivity contribution is -0.213. The fourth-order valence-electron chi connectivity index (χ4n) is 6.09. The highest BCUT2D eigenvalue weighted by Gasteiger charge is 2.61. The molecule has 3 saturated carbocycles. The molecule has 4 nitrogen and oxygen atoms in total. The van der Waals surface area contributed by atoms with Gasteiger partial charge in [-0.05, 0) is 81.8 Å². The Morgan fingerprint density at radius 3 is 2.58 bits per heavy atom. The van der Waals surface area contributed by atoms with Crippen LogP contribution in [0.1, 0.15) is 56.3 Å². The molecular weight excluding hydrogens is 331 g/mol. The van der Waals surface area contributed by atoms with Crippen molar-refractivity contribution in [1.29, 1.82) is 0 Å². The van der Waals surface area contributed by atoms with Crippen molar-refractivity contribution in [3.8, 4) is 0 Å². The molecule has 4 aliphatic rings. The van der Waals surface area contributed by atoms with Crippen molar-refractivity contribution >= 4 is 11.8 Å². The third-order valence-electron chi connectivity index (χ3n) is 7.46. The summed E-state index contributed by atoms with van der Waals surface area (Å²) in [6.45, 7) is 3.52. The van der Waals surface area contributed by atoms with E-state index in [-0.39, 0.29) is 17.5 Å². The maximum Gasteiger partial charge on any atom is 0.276 e. The zero-order chi connectivity index (χ0) is 18.2. The second-order valence-corrected chi connectivity index (χ2v) is 9.10. The number of hydrogen-bond acceptors (Lipinski definition) is 2. The molecule has 2 amide bonds. The molecule has 26 heavy (non-hydrogen) atoms. The second-order valence-electron chi connectivity index (χ2n) is 9.10. The average Bonchev–Trinajstić information content (AvgIpc) is 2.84. The van der Waals surface area contributed by atoms with Crippen molar-refractivity contribution in [3.63, 3.8) is 0 Å². The van der Waals surface area contributed by atoms with Gasteiger partial charge in [-0.15, -0.1) is 0 Å². The summed E-state index contributed by atoms with van der Waals surface area (Å²) in [5.41, 5.74) is -0.870. The number of nitrogens with zero attached hydrogens (tertiary/aromatic N) is 2. The van der Waals surface area contributed by atoms with Gasteiger partial charge in [0.05, 0.1) is 11.6 Å². The Balaban J connectivity index is 1.47. The molecule has 5 heteroatoms. The van der Waals surface area contributed by atoms with Crippen LogP contribution in [-0.4, -0.2) is 33.4 Å². The second kappa shape index (κ2) is 5.30. The number of carbonyl (C=O) groups excluding carboxylic acids is 2. The highest BCUT2D eigenvalue weighted by Crippen LogP contribution is 2.59. The SMILES string of the molecule is CC1(C)C(=O)N(C2CCC3CC4CC2CC34)N1C(=O)c1ccccc1F. The third kappa shape index (κ3) is 2.00. The first-order valence-electron chi connectivity index (χ1n) is 9.82. The van der Waals surface area contributed by atoms with Crippen molar-refractivity contribution in [3.05, 3.63) is 35.6 Å². The van der Waals surface area contributed by atoms with E-state index >= 15 is 0 Å². The summed E-state index contributed by atoms with van der Waals surface area (Å²) in [6, 6.07) is 6.13. The Bertz CT molecular complexity index is 792. The normalized spacial score (nSPS) is 37.0. The fraction of sp³-hybridized carbons (Fsp3) is 0.619. The fourth-order valence-corrected chi connectivity index (χ4v) is 6.09. The molecule has 0 aromatic heterocycles. The number of fused-ring (bicyclic) bond motifs is 1. The lowest BCUT2D eigenvalue weighted by Gasteiger charge is -2.59.